The van der Waals surface area contributed by atoms with E-state index in [1.165, 1.54) is 57.1 Å². The first-order chi connectivity index (χ1) is 8.81. The van der Waals surface area contributed by atoms with Crippen molar-refractivity contribution in [3.8, 4) is 0 Å². The molecule has 0 unspecified atom stereocenters. The molecule has 0 aromatic carbocycles. The van der Waals surface area contributed by atoms with Crippen LogP contribution < -0.4 is 10.6 Å². The SMILES string of the molecule is C=C(CCCCNCCC)NCCCCCCC. The first-order valence-electron chi connectivity index (χ1n) is 7.93. The maximum Gasteiger partial charge on any atom is 0.0143 e. The first kappa shape index (κ1) is 17.5. The summed E-state index contributed by atoms with van der Waals surface area (Å²) in [6.07, 6.45) is 11.6. The van der Waals surface area contributed by atoms with Gasteiger partial charge in [0.2, 0.25) is 0 Å². The summed E-state index contributed by atoms with van der Waals surface area (Å²) in [4.78, 5) is 0. The Hall–Kier alpha value is -0.500. The van der Waals surface area contributed by atoms with Crippen molar-refractivity contribution in [3.63, 3.8) is 0 Å². The van der Waals surface area contributed by atoms with E-state index in [0.717, 1.165) is 26.1 Å². The van der Waals surface area contributed by atoms with E-state index in [0.29, 0.717) is 0 Å². The molecule has 0 radical (unpaired) electrons. The Balaban J connectivity index is 3.12. The van der Waals surface area contributed by atoms with Gasteiger partial charge in [-0.2, -0.15) is 0 Å². The van der Waals surface area contributed by atoms with Crippen LogP contribution in [0.3, 0.4) is 0 Å². The molecule has 0 fully saturated rings. The number of hydrogen-bond donors (Lipinski definition) is 2. The minimum Gasteiger partial charge on any atom is -0.389 e. The third kappa shape index (κ3) is 13.6. The van der Waals surface area contributed by atoms with Crippen molar-refractivity contribution in [2.45, 2.75) is 71.6 Å². The number of allylic oxidation sites excluding steroid dienone is 1. The Morgan fingerprint density at radius 1 is 0.778 bits per heavy atom. The summed E-state index contributed by atoms with van der Waals surface area (Å²) >= 11 is 0. The zero-order valence-corrected chi connectivity index (χ0v) is 12.7. The Labute approximate surface area is 115 Å². The smallest absolute Gasteiger partial charge is 0.0143 e. The minimum absolute atomic E-state index is 1.11. The Morgan fingerprint density at radius 3 is 2.22 bits per heavy atom. The molecule has 0 aromatic rings. The maximum atomic E-state index is 4.09. The summed E-state index contributed by atoms with van der Waals surface area (Å²) in [5, 5.41) is 6.88. The molecule has 0 aromatic heterocycles. The Bertz CT molecular complexity index is 160. The van der Waals surface area contributed by atoms with Gasteiger partial charge in [-0.15, -0.1) is 0 Å². The van der Waals surface area contributed by atoms with Gasteiger partial charge in [-0.25, -0.2) is 0 Å². The lowest BCUT2D eigenvalue weighted by atomic mass is 10.1. The molecule has 0 spiro atoms. The van der Waals surface area contributed by atoms with Crippen molar-refractivity contribution in [2.24, 2.45) is 0 Å². The van der Waals surface area contributed by atoms with E-state index >= 15 is 0 Å². The second-order valence-electron chi connectivity index (χ2n) is 5.15. The van der Waals surface area contributed by atoms with Crippen LogP contribution in [-0.2, 0) is 0 Å². The van der Waals surface area contributed by atoms with E-state index in [1.54, 1.807) is 0 Å². The van der Waals surface area contributed by atoms with E-state index in [4.69, 9.17) is 0 Å². The van der Waals surface area contributed by atoms with Gasteiger partial charge in [0, 0.05) is 12.2 Å². The van der Waals surface area contributed by atoms with Crippen LogP contribution in [0.15, 0.2) is 12.3 Å². The lowest BCUT2D eigenvalue weighted by Gasteiger charge is -2.09. The average Bonchev–Trinajstić information content (AvgIpc) is 2.38. The molecule has 0 bridgehead atoms. The van der Waals surface area contributed by atoms with Gasteiger partial charge >= 0.3 is 0 Å². The predicted octanol–water partition coefficient (Wildman–Crippen LogP) is 4.23. The first-order valence-corrected chi connectivity index (χ1v) is 7.93. The van der Waals surface area contributed by atoms with Gasteiger partial charge in [-0.1, -0.05) is 46.1 Å². The van der Waals surface area contributed by atoms with Crippen molar-refractivity contribution in [1.29, 1.82) is 0 Å². The zero-order valence-electron chi connectivity index (χ0n) is 12.7. The number of hydrogen-bond acceptors (Lipinski definition) is 2. The molecular weight excluding hydrogens is 220 g/mol. The van der Waals surface area contributed by atoms with Gasteiger partial charge in [0.15, 0.2) is 0 Å². The standard InChI is InChI=1S/C16H34N2/c1-4-6-7-8-10-15-18-16(3)12-9-11-14-17-13-5-2/h17-18H,3-15H2,1-2H3. The third-order valence-corrected chi connectivity index (χ3v) is 3.16. The normalized spacial score (nSPS) is 10.6. The lowest BCUT2D eigenvalue weighted by Crippen LogP contribution is -2.17. The van der Waals surface area contributed by atoms with Crippen molar-refractivity contribution in [3.05, 3.63) is 12.3 Å². The van der Waals surface area contributed by atoms with E-state index in [2.05, 4.69) is 31.1 Å². The molecule has 0 aliphatic rings. The molecule has 0 aliphatic carbocycles. The van der Waals surface area contributed by atoms with Crippen LogP contribution in [0.5, 0.6) is 0 Å². The summed E-state index contributed by atoms with van der Waals surface area (Å²) in [7, 11) is 0. The minimum atomic E-state index is 1.11. The summed E-state index contributed by atoms with van der Waals surface area (Å²) in [5.74, 6) is 0. The third-order valence-electron chi connectivity index (χ3n) is 3.16. The molecule has 108 valence electrons. The summed E-state index contributed by atoms with van der Waals surface area (Å²) in [6.45, 7) is 12.0. The molecule has 0 saturated heterocycles. The highest BCUT2D eigenvalue weighted by molar-refractivity contribution is 4.90. The Kier molecular flexibility index (Phi) is 14.2. The second kappa shape index (κ2) is 14.6. The van der Waals surface area contributed by atoms with Crippen molar-refractivity contribution in [1.82, 2.24) is 10.6 Å². The van der Waals surface area contributed by atoms with Gasteiger partial charge in [0.25, 0.3) is 0 Å². The highest BCUT2D eigenvalue weighted by Crippen LogP contribution is 2.04. The highest BCUT2D eigenvalue weighted by Gasteiger charge is 1.95. The second-order valence-corrected chi connectivity index (χ2v) is 5.15. The summed E-state index contributed by atoms with van der Waals surface area (Å²) in [5.41, 5.74) is 1.22. The number of nitrogens with one attached hydrogen (secondary N) is 2. The topological polar surface area (TPSA) is 24.1 Å². The summed E-state index contributed by atoms with van der Waals surface area (Å²) < 4.78 is 0. The number of rotatable bonds is 14. The van der Waals surface area contributed by atoms with Crippen LogP contribution in [0.2, 0.25) is 0 Å². The zero-order chi connectivity index (χ0) is 13.5. The molecule has 0 heterocycles. The Morgan fingerprint density at radius 2 is 1.50 bits per heavy atom. The fraction of sp³-hybridized carbons (Fsp3) is 0.875. The molecular formula is C16H34N2. The molecule has 0 saturated carbocycles. The molecule has 0 rings (SSSR count). The van der Waals surface area contributed by atoms with Gasteiger partial charge in [-0.3, -0.25) is 0 Å². The van der Waals surface area contributed by atoms with Crippen molar-refractivity contribution < 1.29 is 0 Å². The maximum absolute atomic E-state index is 4.09. The number of unbranched alkanes of at least 4 members (excludes halogenated alkanes) is 5. The van der Waals surface area contributed by atoms with E-state index in [1.807, 2.05) is 0 Å². The van der Waals surface area contributed by atoms with Gasteiger partial charge in [0.1, 0.15) is 0 Å². The molecule has 0 aliphatic heterocycles. The fourth-order valence-electron chi connectivity index (χ4n) is 1.97. The lowest BCUT2D eigenvalue weighted by molar-refractivity contribution is 0.585. The molecule has 18 heavy (non-hydrogen) atoms. The quantitative estimate of drug-likeness (QED) is 0.453. The van der Waals surface area contributed by atoms with Crippen LogP contribution in [-0.4, -0.2) is 19.6 Å². The van der Waals surface area contributed by atoms with E-state index < -0.39 is 0 Å². The van der Waals surface area contributed by atoms with Crippen LogP contribution >= 0.6 is 0 Å². The summed E-state index contributed by atoms with van der Waals surface area (Å²) in [6, 6.07) is 0. The molecule has 2 nitrogen and oxygen atoms in total. The molecule has 2 heteroatoms. The highest BCUT2D eigenvalue weighted by atomic mass is 14.9. The van der Waals surface area contributed by atoms with Crippen molar-refractivity contribution >= 4 is 0 Å². The fourth-order valence-corrected chi connectivity index (χ4v) is 1.97. The van der Waals surface area contributed by atoms with E-state index in [9.17, 15) is 0 Å². The average molecular weight is 254 g/mol. The van der Waals surface area contributed by atoms with Crippen LogP contribution in [0.25, 0.3) is 0 Å². The van der Waals surface area contributed by atoms with Gasteiger partial charge in [-0.05, 0) is 45.2 Å². The van der Waals surface area contributed by atoms with E-state index in [-0.39, 0.29) is 0 Å². The van der Waals surface area contributed by atoms with Crippen LogP contribution in [0.4, 0.5) is 0 Å². The largest absolute Gasteiger partial charge is 0.389 e. The molecule has 2 N–H and O–H groups in total. The van der Waals surface area contributed by atoms with Gasteiger partial charge < -0.3 is 10.6 Å². The van der Waals surface area contributed by atoms with Crippen LogP contribution in [0.1, 0.15) is 71.6 Å². The molecule has 0 atom stereocenters. The van der Waals surface area contributed by atoms with Crippen molar-refractivity contribution in [2.75, 3.05) is 19.6 Å². The molecule has 0 amide bonds. The van der Waals surface area contributed by atoms with Crippen LogP contribution in [0, 0.1) is 0 Å². The van der Waals surface area contributed by atoms with Gasteiger partial charge in [0.05, 0.1) is 0 Å². The predicted molar refractivity (Wildman–Crippen MR) is 82.9 cm³/mol. The monoisotopic (exact) mass is 254 g/mol.